The van der Waals surface area contributed by atoms with Gasteiger partial charge in [-0.3, -0.25) is 4.79 Å². The molecule has 0 spiro atoms. The van der Waals surface area contributed by atoms with Crippen LogP contribution >= 0.6 is 11.3 Å². The zero-order chi connectivity index (χ0) is 17.3. The molecule has 0 unspecified atom stereocenters. The summed E-state index contributed by atoms with van der Waals surface area (Å²) in [5.74, 6) is -0.875. The van der Waals surface area contributed by atoms with Crippen molar-refractivity contribution in [2.45, 2.75) is 12.5 Å². The summed E-state index contributed by atoms with van der Waals surface area (Å²) in [6, 6.07) is 8.99. The molecule has 0 aliphatic carbocycles. The number of thiophene rings is 1. The molecule has 6 nitrogen and oxygen atoms in total. The summed E-state index contributed by atoms with van der Waals surface area (Å²) < 4.78 is 29.0. The second-order valence-corrected chi connectivity index (χ2v) is 9.10. The molecule has 1 aliphatic heterocycles. The van der Waals surface area contributed by atoms with E-state index in [9.17, 15) is 18.0 Å². The fourth-order valence-corrected chi connectivity index (χ4v) is 5.40. The number of esters is 1. The van der Waals surface area contributed by atoms with Crippen molar-refractivity contribution in [1.29, 1.82) is 0 Å². The van der Waals surface area contributed by atoms with E-state index in [1.807, 2.05) is 24.3 Å². The van der Waals surface area contributed by atoms with Gasteiger partial charge in [-0.25, -0.2) is 13.2 Å². The van der Waals surface area contributed by atoms with Gasteiger partial charge in [0.25, 0.3) is 5.91 Å². The zero-order valence-electron chi connectivity index (χ0n) is 13.1. The van der Waals surface area contributed by atoms with E-state index in [0.717, 1.165) is 10.1 Å². The molecule has 8 heteroatoms. The van der Waals surface area contributed by atoms with Crippen LogP contribution in [0.2, 0.25) is 0 Å². The van der Waals surface area contributed by atoms with Gasteiger partial charge in [0.1, 0.15) is 4.88 Å². The summed E-state index contributed by atoms with van der Waals surface area (Å²) in [5, 5.41) is 0.953. The fourth-order valence-electron chi connectivity index (χ4n) is 2.67. The lowest BCUT2D eigenvalue weighted by atomic mass is 10.2. The van der Waals surface area contributed by atoms with Crippen molar-refractivity contribution in [3.63, 3.8) is 0 Å². The summed E-state index contributed by atoms with van der Waals surface area (Å²) >= 11 is 1.31. The van der Waals surface area contributed by atoms with Crippen LogP contribution < -0.4 is 0 Å². The average Bonchev–Trinajstić information content (AvgIpc) is 3.14. The molecule has 0 saturated carbocycles. The van der Waals surface area contributed by atoms with E-state index >= 15 is 0 Å². The lowest BCUT2D eigenvalue weighted by molar-refractivity contribution is -0.134. The van der Waals surface area contributed by atoms with Crippen LogP contribution in [-0.2, 0) is 19.4 Å². The minimum absolute atomic E-state index is 0.0283. The third kappa shape index (κ3) is 3.59. The fraction of sp³-hybridized carbons (Fsp3) is 0.375. The molecule has 2 aromatic rings. The number of hydrogen-bond acceptors (Lipinski definition) is 6. The van der Waals surface area contributed by atoms with Crippen molar-refractivity contribution in [1.82, 2.24) is 4.90 Å². The first-order chi connectivity index (χ1) is 11.4. The van der Waals surface area contributed by atoms with Gasteiger partial charge >= 0.3 is 5.97 Å². The largest absolute Gasteiger partial charge is 0.451 e. The molecule has 1 aromatic heterocycles. The Morgan fingerprint density at radius 1 is 1.33 bits per heavy atom. The van der Waals surface area contributed by atoms with Gasteiger partial charge in [0.15, 0.2) is 16.4 Å². The van der Waals surface area contributed by atoms with Crippen LogP contribution in [0, 0.1) is 0 Å². The lowest BCUT2D eigenvalue weighted by Crippen LogP contribution is -2.40. The second kappa shape index (κ2) is 6.52. The van der Waals surface area contributed by atoms with Crippen LogP contribution in [0.25, 0.3) is 10.1 Å². The maximum Gasteiger partial charge on any atom is 0.348 e. The number of nitrogens with zero attached hydrogens (tertiary/aromatic N) is 1. The van der Waals surface area contributed by atoms with Crippen LogP contribution in [0.5, 0.6) is 0 Å². The quantitative estimate of drug-likeness (QED) is 0.769. The highest BCUT2D eigenvalue weighted by Crippen LogP contribution is 2.25. The Labute approximate surface area is 143 Å². The number of rotatable bonds is 4. The van der Waals surface area contributed by atoms with Crippen LogP contribution in [0.4, 0.5) is 0 Å². The van der Waals surface area contributed by atoms with Crippen LogP contribution in [0.15, 0.2) is 30.3 Å². The van der Waals surface area contributed by atoms with Gasteiger partial charge in [0, 0.05) is 17.8 Å². The number of ether oxygens (including phenoxy) is 1. The van der Waals surface area contributed by atoms with E-state index < -0.39 is 21.7 Å². The van der Waals surface area contributed by atoms with Crippen molar-refractivity contribution < 1.29 is 22.7 Å². The summed E-state index contributed by atoms with van der Waals surface area (Å²) in [4.78, 5) is 26.0. The first kappa shape index (κ1) is 16.9. The standard InChI is InChI=1S/C16H17NO5S2/c1-17(12-6-7-24(20,21)10-12)15(18)9-22-16(19)14-8-11-4-2-3-5-13(11)23-14/h2-5,8,12H,6-7,9-10H2,1H3/t12-/m0/s1. The number of benzene rings is 1. The topological polar surface area (TPSA) is 80.8 Å². The minimum atomic E-state index is -3.06. The number of amides is 1. The van der Waals surface area contributed by atoms with Crippen LogP contribution in [-0.4, -0.2) is 56.4 Å². The highest BCUT2D eigenvalue weighted by molar-refractivity contribution is 7.91. The molecule has 3 rings (SSSR count). The highest BCUT2D eigenvalue weighted by Gasteiger charge is 2.33. The van der Waals surface area contributed by atoms with Crippen LogP contribution in [0.1, 0.15) is 16.1 Å². The third-order valence-electron chi connectivity index (χ3n) is 4.10. The van der Waals surface area contributed by atoms with Crippen molar-refractivity contribution in [2.24, 2.45) is 0 Å². The summed E-state index contributed by atoms with van der Waals surface area (Å²) in [6.07, 6.45) is 0.425. The maximum atomic E-state index is 12.1. The van der Waals surface area contributed by atoms with Gasteiger partial charge in [0.2, 0.25) is 0 Å². The average molecular weight is 367 g/mol. The molecule has 128 valence electrons. The number of sulfone groups is 1. The molecule has 1 fully saturated rings. The molecule has 0 N–H and O–H groups in total. The Morgan fingerprint density at radius 3 is 2.75 bits per heavy atom. The SMILES string of the molecule is CN(C(=O)COC(=O)c1cc2ccccc2s1)[C@H]1CCS(=O)(=O)C1. The molecule has 1 aromatic carbocycles. The van der Waals surface area contributed by atoms with E-state index in [1.54, 1.807) is 13.1 Å². The Hall–Kier alpha value is -1.93. The Morgan fingerprint density at radius 2 is 2.08 bits per heavy atom. The molecular formula is C16H17NO5S2. The van der Waals surface area contributed by atoms with E-state index in [0.29, 0.717) is 11.3 Å². The first-order valence-electron chi connectivity index (χ1n) is 7.47. The molecule has 1 amide bonds. The highest BCUT2D eigenvalue weighted by atomic mass is 32.2. The Balaban J connectivity index is 1.58. The number of carbonyl (C=O) groups excluding carboxylic acids is 2. The molecule has 0 bridgehead atoms. The van der Waals surface area contributed by atoms with Crippen molar-refractivity contribution >= 4 is 43.1 Å². The zero-order valence-corrected chi connectivity index (χ0v) is 14.7. The van der Waals surface area contributed by atoms with E-state index in [2.05, 4.69) is 0 Å². The van der Waals surface area contributed by atoms with Gasteiger partial charge < -0.3 is 9.64 Å². The molecular weight excluding hydrogens is 350 g/mol. The summed E-state index contributed by atoms with van der Waals surface area (Å²) in [6.45, 7) is -0.389. The molecule has 0 radical (unpaired) electrons. The second-order valence-electron chi connectivity index (χ2n) is 5.79. The molecule has 2 heterocycles. The summed E-state index contributed by atoms with van der Waals surface area (Å²) in [7, 11) is -1.52. The first-order valence-corrected chi connectivity index (χ1v) is 10.1. The minimum Gasteiger partial charge on any atom is -0.451 e. The monoisotopic (exact) mass is 367 g/mol. The predicted molar refractivity (Wildman–Crippen MR) is 91.9 cm³/mol. The van der Waals surface area contributed by atoms with Crippen molar-refractivity contribution in [3.05, 3.63) is 35.2 Å². The number of likely N-dealkylation sites (N-methyl/N-ethyl adjacent to an activating group) is 1. The van der Waals surface area contributed by atoms with Gasteiger partial charge in [0.05, 0.1) is 11.5 Å². The molecule has 1 aliphatic rings. The van der Waals surface area contributed by atoms with Gasteiger partial charge in [-0.15, -0.1) is 11.3 Å². The van der Waals surface area contributed by atoms with E-state index in [1.165, 1.54) is 16.2 Å². The molecule has 1 saturated heterocycles. The van der Waals surface area contributed by atoms with E-state index in [-0.39, 0.29) is 24.2 Å². The lowest BCUT2D eigenvalue weighted by Gasteiger charge is -2.23. The van der Waals surface area contributed by atoms with Crippen molar-refractivity contribution in [2.75, 3.05) is 25.2 Å². The predicted octanol–water partition coefficient (Wildman–Crippen LogP) is 1.70. The Bertz CT molecular complexity index is 854. The van der Waals surface area contributed by atoms with Gasteiger partial charge in [-0.1, -0.05) is 18.2 Å². The smallest absolute Gasteiger partial charge is 0.348 e. The van der Waals surface area contributed by atoms with Crippen molar-refractivity contribution in [3.8, 4) is 0 Å². The third-order valence-corrected chi connectivity index (χ3v) is 6.95. The number of fused-ring (bicyclic) bond motifs is 1. The Kier molecular flexibility index (Phi) is 4.60. The normalized spacial score (nSPS) is 19.3. The van der Waals surface area contributed by atoms with E-state index in [4.69, 9.17) is 4.74 Å². The van der Waals surface area contributed by atoms with Gasteiger partial charge in [-0.2, -0.15) is 0 Å². The molecule has 24 heavy (non-hydrogen) atoms. The molecule has 1 atom stereocenters. The summed E-state index contributed by atoms with van der Waals surface area (Å²) in [5.41, 5.74) is 0. The van der Waals surface area contributed by atoms with Gasteiger partial charge in [-0.05, 0) is 23.9 Å². The number of hydrogen-bond donors (Lipinski definition) is 0. The number of carbonyl (C=O) groups is 2. The van der Waals surface area contributed by atoms with Crippen LogP contribution in [0.3, 0.4) is 0 Å². The maximum absolute atomic E-state index is 12.1.